The first-order valence-electron chi connectivity index (χ1n) is 4.16. The second-order valence-corrected chi connectivity index (χ2v) is 2.86. The predicted molar refractivity (Wildman–Crippen MR) is 58.5 cm³/mol. The molecule has 13 heavy (non-hydrogen) atoms. The minimum atomic E-state index is 0. The summed E-state index contributed by atoms with van der Waals surface area (Å²) in [6.07, 6.45) is 2.69. The molecule has 0 saturated heterocycles. The predicted octanol–water partition coefficient (Wildman–Crippen LogP) is 2.37. The average molecular weight is 199 g/mol. The molecule has 2 nitrogen and oxygen atoms in total. The highest BCUT2D eigenvalue weighted by Crippen LogP contribution is 2.03. The van der Waals surface area contributed by atoms with Gasteiger partial charge in [0.1, 0.15) is 0 Å². The molecule has 1 aromatic rings. The fourth-order valence-electron chi connectivity index (χ4n) is 1.13. The number of hydrogen-bond donors (Lipinski definition) is 2. The minimum absolute atomic E-state index is 0. The Morgan fingerprint density at radius 3 is 2.38 bits per heavy atom. The second-order valence-electron chi connectivity index (χ2n) is 2.86. The third kappa shape index (κ3) is 5.26. The van der Waals surface area contributed by atoms with Gasteiger partial charge in [-0.3, -0.25) is 5.41 Å². The Bertz CT molecular complexity index is 246. The molecule has 0 saturated carbocycles. The summed E-state index contributed by atoms with van der Waals surface area (Å²) in [6, 6.07) is 10.3. The molecule has 0 aliphatic rings. The van der Waals surface area contributed by atoms with Crippen molar-refractivity contribution >= 4 is 18.2 Å². The summed E-state index contributed by atoms with van der Waals surface area (Å²) in [5.41, 5.74) is 6.56. The van der Waals surface area contributed by atoms with Gasteiger partial charge < -0.3 is 5.73 Å². The van der Waals surface area contributed by atoms with Crippen molar-refractivity contribution in [3.8, 4) is 0 Å². The van der Waals surface area contributed by atoms with Crippen LogP contribution in [0.4, 0.5) is 0 Å². The number of hydrogen-bond acceptors (Lipinski definition) is 1. The van der Waals surface area contributed by atoms with Gasteiger partial charge in [-0.15, -0.1) is 12.4 Å². The second kappa shape index (κ2) is 6.49. The molecule has 0 aliphatic heterocycles. The Morgan fingerprint density at radius 1 is 1.23 bits per heavy atom. The van der Waals surface area contributed by atoms with E-state index < -0.39 is 0 Å². The summed E-state index contributed by atoms with van der Waals surface area (Å²) in [6.45, 7) is 0. The quantitative estimate of drug-likeness (QED) is 0.567. The van der Waals surface area contributed by atoms with Gasteiger partial charge in [0, 0.05) is 6.42 Å². The van der Waals surface area contributed by atoms with E-state index in [0.717, 1.165) is 12.8 Å². The molecule has 1 rings (SSSR count). The standard InChI is InChI=1S/C10H14N2.ClH/c11-10(12)8-4-7-9-5-2-1-3-6-9;/h1-3,5-6H,4,7-8H2,(H3,11,12);1H. The van der Waals surface area contributed by atoms with Crippen LogP contribution < -0.4 is 5.73 Å². The van der Waals surface area contributed by atoms with Crippen LogP contribution in [0.25, 0.3) is 0 Å². The van der Waals surface area contributed by atoms with E-state index in [2.05, 4.69) is 12.1 Å². The van der Waals surface area contributed by atoms with Crippen LogP contribution in [-0.2, 0) is 6.42 Å². The van der Waals surface area contributed by atoms with Crippen molar-refractivity contribution in [2.45, 2.75) is 19.3 Å². The van der Waals surface area contributed by atoms with Crippen molar-refractivity contribution in [3.05, 3.63) is 35.9 Å². The molecule has 1 aromatic carbocycles. The van der Waals surface area contributed by atoms with Crippen LogP contribution in [0.5, 0.6) is 0 Å². The number of amidine groups is 1. The largest absolute Gasteiger partial charge is 0.388 e. The minimum Gasteiger partial charge on any atom is -0.388 e. The lowest BCUT2D eigenvalue weighted by Gasteiger charge is -1.99. The van der Waals surface area contributed by atoms with Crippen molar-refractivity contribution in [1.82, 2.24) is 0 Å². The van der Waals surface area contributed by atoms with Crippen molar-refractivity contribution < 1.29 is 0 Å². The Hall–Kier alpha value is -1.02. The number of nitrogens with one attached hydrogen (secondary N) is 1. The first-order valence-corrected chi connectivity index (χ1v) is 4.16. The van der Waals surface area contributed by atoms with Gasteiger partial charge in [-0.1, -0.05) is 30.3 Å². The molecule has 0 aliphatic carbocycles. The lowest BCUT2D eigenvalue weighted by molar-refractivity contribution is 0.857. The molecular formula is C10H15ClN2. The monoisotopic (exact) mass is 198 g/mol. The smallest absolute Gasteiger partial charge is 0.0905 e. The number of halogens is 1. The van der Waals surface area contributed by atoms with E-state index in [-0.39, 0.29) is 18.2 Å². The maximum atomic E-state index is 7.04. The summed E-state index contributed by atoms with van der Waals surface area (Å²) in [4.78, 5) is 0. The lowest BCUT2D eigenvalue weighted by atomic mass is 10.1. The highest BCUT2D eigenvalue weighted by molar-refractivity contribution is 5.85. The molecule has 3 heteroatoms. The Labute approximate surface area is 85.1 Å². The zero-order valence-corrected chi connectivity index (χ0v) is 8.31. The molecule has 0 bridgehead atoms. The molecule has 0 unspecified atom stereocenters. The average Bonchev–Trinajstić information content (AvgIpc) is 2.05. The summed E-state index contributed by atoms with van der Waals surface area (Å²) < 4.78 is 0. The highest BCUT2D eigenvalue weighted by atomic mass is 35.5. The van der Waals surface area contributed by atoms with Gasteiger partial charge in [-0.05, 0) is 18.4 Å². The Morgan fingerprint density at radius 2 is 1.85 bits per heavy atom. The van der Waals surface area contributed by atoms with Gasteiger partial charge in [0.25, 0.3) is 0 Å². The van der Waals surface area contributed by atoms with Gasteiger partial charge in [0.15, 0.2) is 0 Å². The highest BCUT2D eigenvalue weighted by Gasteiger charge is 1.92. The topological polar surface area (TPSA) is 49.9 Å². The van der Waals surface area contributed by atoms with Gasteiger partial charge in [-0.25, -0.2) is 0 Å². The van der Waals surface area contributed by atoms with Gasteiger partial charge >= 0.3 is 0 Å². The third-order valence-corrected chi connectivity index (χ3v) is 1.75. The maximum absolute atomic E-state index is 7.04. The SMILES string of the molecule is Cl.N=C(N)CCCc1ccccc1. The van der Waals surface area contributed by atoms with Gasteiger partial charge in [0.05, 0.1) is 5.84 Å². The van der Waals surface area contributed by atoms with Crippen molar-refractivity contribution in [3.63, 3.8) is 0 Å². The van der Waals surface area contributed by atoms with Crippen LogP contribution in [0.15, 0.2) is 30.3 Å². The normalized spacial score (nSPS) is 8.92. The van der Waals surface area contributed by atoms with Crippen molar-refractivity contribution in [2.75, 3.05) is 0 Å². The summed E-state index contributed by atoms with van der Waals surface area (Å²) in [7, 11) is 0. The third-order valence-electron chi connectivity index (χ3n) is 1.75. The summed E-state index contributed by atoms with van der Waals surface area (Å²) in [5.74, 6) is 0.283. The van der Waals surface area contributed by atoms with Crippen LogP contribution in [0, 0.1) is 5.41 Å². The molecule has 0 aromatic heterocycles. The Kier molecular flexibility index (Phi) is 5.98. The zero-order valence-electron chi connectivity index (χ0n) is 7.49. The van der Waals surface area contributed by atoms with E-state index in [1.54, 1.807) is 0 Å². The Balaban J connectivity index is 0.00000144. The molecule has 0 atom stereocenters. The van der Waals surface area contributed by atoms with E-state index in [4.69, 9.17) is 11.1 Å². The molecule has 0 amide bonds. The summed E-state index contributed by atoms with van der Waals surface area (Å²) in [5, 5.41) is 7.04. The number of aryl methyl sites for hydroxylation is 1. The van der Waals surface area contributed by atoms with Crippen LogP contribution >= 0.6 is 12.4 Å². The lowest BCUT2D eigenvalue weighted by Crippen LogP contribution is -2.08. The van der Waals surface area contributed by atoms with E-state index >= 15 is 0 Å². The number of nitrogens with two attached hydrogens (primary N) is 1. The van der Waals surface area contributed by atoms with Crippen LogP contribution in [0.3, 0.4) is 0 Å². The molecule has 72 valence electrons. The fourth-order valence-corrected chi connectivity index (χ4v) is 1.13. The first-order chi connectivity index (χ1) is 5.79. The van der Waals surface area contributed by atoms with Gasteiger partial charge in [-0.2, -0.15) is 0 Å². The van der Waals surface area contributed by atoms with Crippen molar-refractivity contribution in [2.24, 2.45) is 5.73 Å². The van der Waals surface area contributed by atoms with E-state index in [1.165, 1.54) is 5.56 Å². The zero-order chi connectivity index (χ0) is 8.81. The molecule has 0 heterocycles. The molecular weight excluding hydrogens is 184 g/mol. The van der Waals surface area contributed by atoms with Gasteiger partial charge in [0.2, 0.25) is 0 Å². The van der Waals surface area contributed by atoms with E-state index in [0.29, 0.717) is 6.42 Å². The van der Waals surface area contributed by atoms with E-state index in [9.17, 15) is 0 Å². The molecule has 0 fully saturated rings. The maximum Gasteiger partial charge on any atom is 0.0905 e. The van der Waals surface area contributed by atoms with Crippen LogP contribution in [-0.4, -0.2) is 5.84 Å². The first kappa shape index (κ1) is 12.0. The summed E-state index contributed by atoms with van der Waals surface area (Å²) >= 11 is 0. The molecule has 0 radical (unpaired) electrons. The van der Waals surface area contributed by atoms with Crippen LogP contribution in [0.1, 0.15) is 18.4 Å². The molecule has 3 N–H and O–H groups in total. The fraction of sp³-hybridized carbons (Fsp3) is 0.300. The number of rotatable bonds is 4. The van der Waals surface area contributed by atoms with Crippen LogP contribution in [0.2, 0.25) is 0 Å². The van der Waals surface area contributed by atoms with E-state index in [1.807, 2.05) is 18.2 Å². The van der Waals surface area contributed by atoms with Crippen molar-refractivity contribution in [1.29, 1.82) is 5.41 Å². The molecule has 0 spiro atoms. The number of benzene rings is 1.